The summed E-state index contributed by atoms with van der Waals surface area (Å²) >= 11 is 0. The molecule has 0 saturated carbocycles. The first-order chi connectivity index (χ1) is 8.36. The molecule has 0 spiro atoms. The van der Waals surface area contributed by atoms with Crippen molar-refractivity contribution in [3.05, 3.63) is 0 Å². The van der Waals surface area contributed by atoms with E-state index in [9.17, 15) is 4.79 Å². The van der Waals surface area contributed by atoms with E-state index in [-0.39, 0.29) is 0 Å². The van der Waals surface area contributed by atoms with Gasteiger partial charge < -0.3 is 10.6 Å². The summed E-state index contributed by atoms with van der Waals surface area (Å²) in [6.07, 6.45) is 2.64. The lowest BCUT2D eigenvalue weighted by Crippen LogP contribution is -2.37. The van der Waals surface area contributed by atoms with E-state index in [0.717, 1.165) is 32.5 Å². The maximum atomic E-state index is 12.2. The number of rotatable bonds is 9. The van der Waals surface area contributed by atoms with Crippen molar-refractivity contribution in [1.82, 2.24) is 4.90 Å². The van der Waals surface area contributed by atoms with Gasteiger partial charge >= 0.3 is 0 Å². The highest BCUT2D eigenvalue weighted by molar-refractivity contribution is 5.76. The molecule has 0 aromatic heterocycles. The Morgan fingerprint density at radius 3 is 1.89 bits per heavy atom. The van der Waals surface area contributed by atoms with Crippen LogP contribution in [-0.2, 0) is 4.79 Å². The topological polar surface area (TPSA) is 46.3 Å². The van der Waals surface area contributed by atoms with Gasteiger partial charge in [0.25, 0.3) is 0 Å². The van der Waals surface area contributed by atoms with Gasteiger partial charge in [0.1, 0.15) is 0 Å². The SMILES string of the molecule is CC(C)CN(CC(C)C)C(=O)CCC(C)CCN. The predicted molar refractivity (Wildman–Crippen MR) is 78.3 cm³/mol. The number of carbonyl (C=O) groups is 1. The molecule has 18 heavy (non-hydrogen) atoms. The molecule has 1 atom stereocenters. The van der Waals surface area contributed by atoms with Crippen LogP contribution in [0.4, 0.5) is 0 Å². The second kappa shape index (κ2) is 9.37. The minimum absolute atomic E-state index is 0.307. The third-order valence-corrected chi connectivity index (χ3v) is 3.03. The van der Waals surface area contributed by atoms with Gasteiger partial charge in [0.2, 0.25) is 5.91 Å². The average molecular weight is 256 g/mol. The van der Waals surface area contributed by atoms with Gasteiger partial charge in [0, 0.05) is 19.5 Å². The highest BCUT2D eigenvalue weighted by Crippen LogP contribution is 2.12. The van der Waals surface area contributed by atoms with Crippen LogP contribution >= 0.6 is 0 Å². The summed E-state index contributed by atoms with van der Waals surface area (Å²) in [4.78, 5) is 14.2. The molecular formula is C15H32N2O. The Morgan fingerprint density at radius 1 is 1.00 bits per heavy atom. The van der Waals surface area contributed by atoms with E-state index in [1.165, 1.54) is 0 Å². The second-order valence-corrected chi connectivity index (χ2v) is 6.31. The molecule has 0 fully saturated rings. The lowest BCUT2D eigenvalue weighted by Gasteiger charge is -2.27. The Labute approximate surface area is 113 Å². The van der Waals surface area contributed by atoms with Gasteiger partial charge in [0.15, 0.2) is 0 Å². The summed E-state index contributed by atoms with van der Waals surface area (Å²) in [5.74, 6) is 1.93. The van der Waals surface area contributed by atoms with Crippen molar-refractivity contribution in [3.63, 3.8) is 0 Å². The largest absolute Gasteiger partial charge is 0.342 e. The molecule has 1 unspecified atom stereocenters. The number of nitrogens with zero attached hydrogens (tertiary/aromatic N) is 1. The minimum Gasteiger partial charge on any atom is -0.342 e. The van der Waals surface area contributed by atoms with E-state index >= 15 is 0 Å². The van der Waals surface area contributed by atoms with Crippen LogP contribution in [0.1, 0.15) is 53.9 Å². The number of carbonyl (C=O) groups excluding carboxylic acids is 1. The minimum atomic E-state index is 0.307. The van der Waals surface area contributed by atoms with Crippen molar-refractivity contribution in [1.29, 1.82) is 0 Å². The summed E-state index contributed by atoms with van der Waals surface area (Å²) in [6.45, 7) is 13.3. The zero-order valence-electron chi connectivity index (χ0n) is 12.9. The Bertz CT molecular complexity index is 217. The molecule has 0 radical (unpaired) electrons. The smallest absolute Gasteiger partial charge is 0.222 e. The molecule has 2 N–H and O–H groups in total. The van der Waals surface area contributed by atoms with Crippen molar-refractivity contribution in [2.75, 3.05) is 19.6 Å². The maximum absolute atomic E-state index is 12.2. The summed E-state index contributed by atoms with van der Waals surface area (Å²) < 4.78 is 0. The van der Waals surface area contributed by atoms with Crippen LogP contribution in [0.5, 0.6) is 0 Å². The van der Waals surface area contributed by atoms with E-state index in [2.05, 4.69) is 34.6 Å². The molecule has 0 aliphatic carbocycles. The second-order valence-electron chi connectivity index (χ2n) is 6.31. The van der Waals surface area contributed by atoms with Crippen molar-refractivity contribution in [2.45, 2.75) is 53.9 Å². The van der Waals surface area contributed by atoms with Gasteiger partial charge in [-0.15, -0.1) is 0 Å². The van der Waals surface area contributed by atoms with Crippen LogP contribution in [0.2, 0.25) is 0 Å². The van der Waals surface area contributed by atoms with Crippen LogP contribution in [0, 0.1) is 17.8 Å². The Kier molecular flexibility index (Phi) is 9.08. The molecule has 0 aliphatic heterocycles. The highest BCUT2D eigenvalue weighted by atomic mass is 16.2. The van der Waals surface area contributed by atoms with E-state index in [0.29, 0.717) is 30.1 Å². The van der Waals surface area contributed by atoms with Gasteiger partial charge in [-0.2, -0.15) is 0 Å². The fourth-order valence-corrected chi connectivity index (χ4v) is 2.12. The molecule has 0 rings (SSSR count). The number of nitrogens with two attached hydrogens (primary N) is 1. The predicted octanol–water partition coefficient (Wildman–Crippen LogP) is 2.89. The van der Waals surface area contributed by atoms with Gasteiger partial charge in [-0.1, -0.05) is 34.6 Å². The van der Waals surface area contributed by atoms with Crippen molar-refractivity contribution in [2.24, 2.45) is 23.5 Å². The summed E-state index contributed by atoms with van der Waals surface area (Å²) in [6, 6.07) is 0. The monoisotopic (exact) mass is 256 g/mol. The van der Waals surface area contributed by atoms with Crippen LogP contribution in [-0.4, -0.2) is 30.4 Å². The van der Waals surface area contributed by atoms with Crippen LogP contribution < -0.4 is 5.73 Å². The summed E-state index contributed by atoms with van der Waals surface area (Å²) in [5.41, 5.74) is 5.53. The van der Waals surface area contributed by atoms with Crippen LogP contribution in [0.15, 0.2) is 0 Å². The van der Waals surface area contributed by atoms with Crippen LogP contribution in [0.3, 0.4) is 0 Å². The Balaban J connectivity index is 4.19. The zero-order chi connectivity index (χ0) is 14.1. The third kappa shape index (κ3) is 8.51. The first-order valence-electron chi connectivity index (χ1n) is 7.34. The van der Waals surface area contributed by atoms with Crippen molar-refractivity contribution >= 4 is 5.91 Å². The Morgan fingerprint density at radius 2 is 1.50 bits per heavy atom. The fourth-order valence-electron chi connectivity index (χ4n) is 2.12. The molecule has 1 amide bonds. The zero-order valence-corrected chi connectivity index (χ0v) is 12.9. The molecule has 0 aromatic carbocycles. The van der Waals surface area contributed by atoms with E-state index in [1.54, 1.807) is 0 Å². The highest BCUT2D eigenvalue weighted by Gasteiger charge is 2.16. The van der Waals surface area contributed by atoms with E-state index < -0.39 is 0 Å². The first-order valence-corrected chi connectivity index (χ1v) is 7.34. The number of amides is 1. The summed E-state index contributed by atoms with van der Waals surface area (Å²) in [5, 5.41) is 0. The normalized spacial score (nSPS) is 13.1. The molecule has 0 saturated heterocycles. The molecule has 3 heteroatoms. The molecule has 108 valence electrons. The van der Waals surface area contributed by atoms with E-state index in [1.807, 2.05) is 4.90 Å². The van der Waals surface area contributed by atoms with Crippen molar-refractivity contribution < 1.29 is 4.79 Å². The molecular weight excluding hydrogens is 224 g/mol. The standard InChI is InChI=1S/C15H32N2O/c1-12(2)10-17(11-13(3)4)15(18)7-6-14(5)8-9-16/h12-14H,6-11,16H2,1-5H3. The first kappa shape index (κ1) is 17.4. The lowest BCUT2D eigenvalue weighted by molar-refractivity contribution is -0.132. The van der Waals surface area contributed by atoms with Gasteiger partial charge in [-0.3, -0.25) is 4.79 Å². The van der Waals surface area contributed by atoms with Crippen molar-refractivity contribution in [3.8, 4) is 0 Å². The van der Waals surface area contributed by atoms with Gasteiger partial charge in [-0.25, -0.2) is 0 Å². The average Bonchev–Trinajstić information content (AvgIpc) is 2.24. The quantitative estimate of drug-likeness (QED) is 0.689. The van der Waals surface area contributed by atoms with E-state index in [4.69, 9.17) is 5.73 Å². The Hall–Kier alpha value is -0.570. The fraction of sp³-hybridized carbons (Fsp3) is 0.933. The summed E-state index contributed by atoms with van der Waals surface area (Å²) in [7, 11) is 0. The molecule has 0 aromatic rings. The number of hydrogen-bond acceptors (Lipinski definition) is 2. The van der Waals surface area contributed by atoms with Gasteiger partial charge in [0.05, 0.1) is 0 Å². The van der Waals surface area contributed by atoms with Crippen LogP contribution in [0.25, 0.3) is 0 Å². The molecule has 0 aliphatic rings. The van der Waals surface area contributed by atoms with Gasteiger partial charge in [-0.05, 0) is 37.1 Å². The number of hydrogen-bond donors (Lipinski definition) is 1. The molecule has 3 nitrogen and oxygen atoms in total. The maximum Gasteiger partial charge on any atom is 0.222 e. The molecule has 0 heterocycles. The lowest BCUT2D eigenvalue weighted by atomic mass is 10.0. The third-order valence-electron chi connectivity index (χ3n) is 3.03. The molecule has 0 bridgehead atoms.